The molecule has 186 valence electrons. The number of carboxylic acids is 1. The number of benzene rings is 1. The average molecular weight is 524 g/mol. The third-order valence-corrected chi connectivity index (χ3v) is 9.21. The van der Waals surface area contributed by atoms with Gasteiger partial charge in [0.25, 0.3) is 0 Å². The van der Waals surface area contributed by atoms with E-state index in [1.54, 1.807) is 11.3 Å². The molecule has 1 aromatic heterocycles. The summed E-state index contributed by atoms with van der Waals surface area (Å²) in [6.45, 7) is 6.90. The van der Waals surface area contributed by atoms with Crippen molar-refractivity contribution >= 4 is 40.5 Å². The second-order valence-electron chi connectivity index (χ2n) is 10.3. The van der Waals surface area contributed by atoms with Gasteiger partial charge in [-0.2, -0.15) is 11.3 Å². The molecule has 0 bridgehead atoms. The van der Waals surface area contributed by atoms with Crippen LogP contribution in [-0.2, 0) is 11.3 Å². The zero-order valence-electron chi connectivity index (χ0n) is 19.9. The summed E-state index contributed by atoms with van der Waals surface area (Å²) in [4.78, 5) is 14.6. The van der Waals surface area contributed by atoms with Crippen LogP contribution < -0.4 is 5.32 Å². The fourth-order valence-corrected chi connectivity index (χ4v) is 7.43. The number of nitrogens with one attached hydrogen (secondary N) is 1. The van der Waals surface area contributed by atoms with E-state index < -0.39 is 5.97 Å². The molecule has 0 amide bonds. The van der Waals surface area contributed by atoms with E-state index in [9.17, 15) is 9.90 Å². The first-order valence-electron chi connectivity index (χ1n) is 12.5. The SMILES string of the molecule is CCC[C@@H](CC1(C[C@@H]2CN(Cc3ccc(Cl)cc3Cl)C[C@@H]2c2ccsc2)CCNCC1)C(=O)O. The fourth-order valence-electron chi connectivity index (χ4n) is 6.24. The Kier molecular flexibility index (Phi) is 8.97. The zero-order valence-corrected chi connectivity index (χ0v) is 22.3. The fraction of sp³-hybridized carbons (Fsp3) is 0.593. The van der Waals surface area contributed by atoms with Gasteiger partial charge in [0.15, 0.2) is 0 Å². The van der Waals surface area contributed by atoms with Gasteiger partial charge in [-0.1, -0.05) is 42.6 Å². The van der Waals surface area contributed by atoms with Crippen LogP contribution in [0, 0.1) is 17.3 Å². The minimum atomic E-state index is -0.625. The number of halogens is 2. The third kappa shape index (κ3) is 6.36. The molecule has 0 saturated carbocycles. The van der Waals surface area contributed by atoms with Crippen molar-refractivity contribution in [3.63, 3.8) is 0 Å². The van der Waals surface area contributed by atoms with E-state index in [0.29, 0.717) is 16.9 Å². The summed E-state index contributed by atoms with van der Waals surface area (Å²) in [6, 6.07) is 8.05. The molecule has 4 nitrogen and oxygen atoms in total. The first-order valence-corrected chi connectivity index (χ1v) is 14.2. The highest BCUT2D eigenvalue weighted by atomic mass is 35.5. The topological polar surface area (TPSA) is 52.6 Å². The zero-order chi connectivity index (χ0) is 24.1. The molecule has 2 aromatic rings. The highest BCUT2D eigenvalue weighted by Crippen LogP contribution is 2.48. The molecule has 3 atom stereocenters. The van der Waals surface area contributed by atoms with Crippen LogP contribution in [0.25, 0.3) is 0 Å². The van der Waals surface area contributed by atoms with Crippen molar-refractivity contribution in [1.29, 1.82) is 0 Å². The third-order valence-electron chi connectivity index (χ3n) is 7.92. The maximum Gasteiger partial charge on any atom is 0.306 e. The van der Waals surface area contributed by atoms with Crippen molar-refractivity contribution in [3.05, 3.63) is 56.2 Å². The van der Waals surface area contributed by atoms with Crippen molar-refractivity contribution in [2.24, 2.45) is 17.3 Å². The monoisotopic (exact) mass is 522 g/mol. The molecule has 1 aromatic carbocycles. The Morgan fingerprint density at radius 2 is 2.06 bits per heavy atom. The molecule has 3 heterocycles. The summed E-state index contributed by atoms with van der Waals surface area (Å²) in [5.41, 5.74) is 2.63. The first-order chi connectivity index (χ1) is 16.4. The van der Waals surface area contributed by atoms with Gasteiger partial charge in [0.2, 0.25) is 0 Å². The number of hydrogen-bond donors (Lipinski definition) is 2. The Morgan fingerprint density at radius 1 is 1.26 bits per heavy atom. The van der Waals surface area contributed by atoms with Gasteiger partial charge in [-0.3, -0.25) is 9.69 Å². The van der Waals surface area contributed by atoms with E-state index >= 15 is 0 Å². The summed E-state index contributed by atoms with van der Waals surface area (Å²) >= 11 is 14.4. The molecule has 2 aliphatic heterocycles. The second kappa shape index (κ2) is 11.7. The number of aliphatic carboxylic acids is 1. The summed E-state index contributed by atoms with van der Waals surface area (Å²) in [5.74, 6) is 0.112. The smallest absolute Gasteiger partial charge is 0.306 e. The number of carbonyl (C=O) groups is 1. The molecule has 0 aliphatic carbocycles. The lowest BCUT2D eigenvalue weighted by atomic mass is 9.65. The molecule has 2 N–H and O–H groups in total. The van der Waals surface area contributed by atoms with Crippen molar-refractivity contribution < 1.29 is 9.90 Å². The Balaban J connectivity index is 1.55. The Bertz CT molecular complexity index is 946. The van der Waals surface area contributed by atoms with Crippen LogP contribution in [0.2, 0.25) is 10.0 Å². The quantitative estimate of drug-likeness (QED) is 0.355. The molecule has 2 fully saturated rings. The molecular weight excluding hydrogens is 487 g/mol. The van der Waals surface area contributed by atoms with Gasteiger partial charge in [-0.05, 0) is 96.6 Å². The maximum atomic E-state index is 12.1. The van der Waals surface area contributed by atoms with Crippen molar-refractivity contribution in [2.75, 3.05) is 26.2 Å². The number of hydrogen-bond acceptors (Lipinski definition) is 4. The van der Waals surface area contributed by atoms with E-state index in [1.807, 2.05) is 18.2 Å². The van der Waals surface area contributed by atoms with Crippen molar-refractivity contribution in [1.82, 2.24) is 10.2 Å². The minimum Gasteiger partial charge on any atom is -0.481 e. The largest absolute Gasteiger partial charge is 0.481 e. The summed E-state index contributed by atoms with van der Waals surface area (Å²) in [5, 5.41) is 19.3. The van der Waals surface area contributed by atoms with Gasteiger partial charge in [-0.25, -0.2) is 0 Å². The van der Waals surface area contributed by atoms with E-state index in [-0.39, 0.29) is 11.3 Å². The Hall–Kier alpha value is -1.11. The molecule has 0 unspecified atom stereocenters. The molecule has 2 saturated heterocycles. The summed E-state index contributed by atoms with van der Waals surface area (Å²) < 4.78 is 0. The van der Waals surface area contributed by atoms with E-state index in [4.69, 9.17) is 23.2 Å². The number of carboxylic acid groups (broad SMARTS) is 1. The minimum absolute atomic E-state index is 0.0936. The van der Waals surface area contributed by atoms with Gasteiger partial charge in [-0.15, -0.1) is 0 Å². The highest BCUT2D eigenvalue weighted by molar-refractivity contribution is 7.08. The molecule has 7 heteroatoms. The van der Waals surface area contributed by atoms with Crippen LogP contribution in [0.5, 0.6) is 0 Å². The predicted molar refractivity (Wildman–Crippen MR) is 142 cm³/mol. The van der Waals surface area contributed by atoms with Gasteiger partial charge < -0.3 is 10.4 Å². The molecule has 0 radical (unpaired) electrons. The summed E-state index contributed by atoms with van der Waals surface area (Å²) in [6.07, 6.45) is 5.71. The van der Waals surface area contributed by atoms with Crippen LogP contribution >= 0.6 is 34.5 Å². The second-order valence-corrected chi connectivity index (χ2v) is 12.0. The lowest BCUT2D eigenvalue weighted by Gasteiger charge is -2.42. The number of nitrogens with zero attached hydrogens (tertiary/aromatic N) is 1. The number of rotatable bonds is 10. The molecular formula is C27H36Cl2N2O2S. The summed E-state index contributed by atoms with van der Waals surface area (Å²) in [7, 11) is 0. The Labute approximate surface area is 217 Å². The standard InChI is InChI=1S/C27H36Cl2N2O2S/c1-2-3-19(26(32)33)13-27(7-9-30-10-8-27)14-22-16-31(17-24(22)21-6-11-34-18-21)15-20-4-5-23(28)12-25(20)29/h4-6,11-12,18-19,22,24,30H,2-3,7-10,13-17H2,1H3,(H,32,33)/t19-,22+,24+/m0/s1. The highest BCUT2D eigenvalue weighted by Gasteiger charge is 2.43. The van der Waals surface area contributed by atoms with Crippen molar-refractivity contribution in [3.8, 4) is 0 Å². The van der Waals surface area contributed by atoms with Crippen molar-refractivity contribution in [2.45, 2.75) is 57.9 Å². The Morgan fingerprint density at radius 3 is 2.71 bits per heavy atom. The van der Waals surface area contributed by atoms with E-state index in [2.05, 4.69) is 34.0 Å². The van der Waals surface area contributed by atoms with Crippen LogP contribution in [0.15, 0.2) is 35.0 Å². The van der Waals surface area contributed by atoms with Crippen LogP contribution in [0.1, 0.15) is 62.5 Å². The van der Waals surface area contributed by atoms with Gasteiger partial charge >= 0.3 is 5.97 Å². The van der Waals surface area contributed by atoms with Crippen LogP contribution in [-0.4, -0.2) is 42.2 Å². The van der Waals surface area contributed by atoms with Crippen LogP contribution in [0.4, 0.5) is 0 Å². The molecule has 2 aliphatic rings. The number of piperidine rings is 1. The predicted octanol–water partition coefficient (Wildman–Crippen LogP) is 6.92. The van der Waals surface area contributed by atoms with Gasteiger partial charge in [0, 0.05) is 35.6 Å². The molecule has 0 spiro atoms. The lowest BCUT2D eigenvalue weighted by molar-refractivity contribution is -0.143. The van der Waals surface area contributed by atoms with Gasteiger partial charge in [0.1, 0.15) is 0 Å². The average Bonchev–Trinajstić information content (AvgIpc) is 3.46. The van der Waals surface area contributed by atoms with Crippen LogP contribution in [0.3, 0.4) is 0 Å². The molecule has 34 heavy (non-hydrogen) atoms. The molecule has 4 rings (SSSR count). The van der Waals surface area contributed by atoms with E-state index in [0.717, 1.165) is 81.8 Å². The maximum absolute atomic E-state index is 12.1. The number of thiophene rings is 1. The number of likely N-dealkylation sites (tertiary alicyclic amines) is 1. The lowest BCUT2D eigenvalue weighted by Crippen LogP contribution is -2.41. The first kappa shape index (κ1) is 26.0. The van der Waals surface area contributed by atoms with E-state index in [1.165, 1.54) is 5.56 Å². The van der Waals surface area contributed by atoms with Gasteiger partial charge in [0.05, 0.1) is 5.92 Å². The normalized spacial score (nSPS) is 23.7.